The van der Waals surface area contributed by atoms with Crippen molar-refractivity contribution < 1.29 is 27.4 Å². The number of ether oxygens (including phenoxy) is 4. The molecule has 8 heteroatoms. The number of hydrogen-bond acceptors (Lipinski definition) is 6. The Balaban J connectivity index is 1.67. The first-order valence-electron chi connectivity index (χ1n) is 7.36. The predicted molar refractivity (Wildman–Crippen MR) is 85.5 cm³/mol. The molecule has 0 aliphatic carbocycles. The summed E-state index contributed by atoms with van der Waals surface area (Å²) in [6.45, 7) is 2.69. The Morgan fingerprint density at radius 3 is 2.33 bits per heavy atom. The van der Waals surface area contributed by atoms with Crippen molar-refractivity contribution in [3.63, 3.8) is 0 Å². The molecule has 2 aromatic carbocycles. The van der Waals surface area contributed by atoms with Crippen LogP contribution in [-0.2, 0) is 10.0 Å². The Morgan fingerprint density at radius 1 is 0.875 bits per heavy atom. The minimum absolute atomic E-state index is 0.132. The summed E-state index contributed by atoms with van der Waals surface area (Å²) < 4.78 is 49.4. The van der Waals surface area contributed by atoms with Crippen LogP contribution in [0, 0.1) is 6.92 Å². The first-order valence-corrected chi connectivity index (χ1v) is 8.84. The molecular weight excluding hydrogens is 334 g/mol. The van der Waals surface area contributed by atoms with E-state index in [-0.39, 0.29) is 11.7 Å². The van der Waals surface area contributed by atoms with Gasteiger partial charge < -0.3 is 18.9 Å². The largest absolute Gasteiger partial charge is 0.486 e. The highest BCUT2D eigenvalue weighted by molar-refractivity contribution is 7.92. The topological polar surface area (TPSA) is 83.1 Å². The number of rotatable bonds is 3. The highest BCUT2D eigenvalue weighted by atomic mass is 32.2. The molecule has 2 aromatic rings. The average Bonchev–Trinajstić information content (AvgIpc) is 3.01. The first kappa shape index (κ1) is 14.9. The Labute approximate surface area is 139 Å². The van der Waals surface area contributed by atoms with Crippen molar-refractivity contribution in [1.82, 2.24) is 0 Å². The highest BCUT2D eigenvalue weighted by Gasteiger charge is 2.23. The van der Waals surface area contributed by atoms with E-state index < -0.39 is 10.0 Å². The number of nitrogens with one attached hydrogen (secondary N) is 1. The van der Waals surface area contributed by atoms with E-state index in [4.69, 9.17) is 18.9 Å². The van der Waals surface area contributed by atoms with Crippen molar-refractivity contribution in [3.8, 4) is 23.0 Å². The van der Waals surface area contributed by atoms with E-state index in [1.165, 1.54) is 6.07 Å². The highest BCUT2D eigenvalue weighted by Crippen LogP contribution is 2.37. The van der Waals surface area contributed by atoms with Crippen LogP contribution in [0.2, 0.25) is 0 Å². The van der Waals surface area contributed by atoms with Crippen LogP contribution >= 0.6 is 0 Å². The van der Waals surface area contributed by atoms with Gasteiger partial charge in [-0.3, -0.25) is 4.72 Å². The monoisotopic (exact) mass is 349 g/mol. The van der Waals surface area contributed by atoms with Gasteiger partial charge in [-0.2, -0.15) is 0 Å². The lowest BCUT2D eigenvalue weighted by molar-refractivity contribution is 0.171. The first-order chi connectivity index (χ1) is 11.5. The van der Waals surface area contributed by atoms with E-state index in [0.29, 0.717) is 47.5 Å². The van der Waals surface area contributed by atoms with Crippen LogP contribution < -0.4 is 23.7 Å². The standard InChI is InChI=1S/C16H15NO6S/c1-10-6-13-15(21-5-4-20-13)8-16(10)24(18,19)17-11-2-3-12-14(7-11)23-9-22-12/h2-3,6-8,17H,4-5,9H2,1H3. The molecule has 0 spiro atoms. The fourth-order valence-corrected chi connectivity index (χ4v) is 3.92. The van der Waals surface area contributed by atoms with Gasteiger partial charge in [0, 0.05) is 12.1 Å². The van der Waals surface area contributed by atoms with Gasteiger partial charge in [-0.05, 0) is 30.7 Å². The van der Waals surface area contributed by atoms with Crippen molar-refractivity contribution >= 4 is 15.7 Å². The van der Waals surface area contributed by atoms with Crippen LogP contribution in [0.15, 0.2) is 35.2 Å². The average molecular weight is 349 g/mol. The second kappa shape index (κ2) is 5.48. The Bertz CT molecular complexity index is 909. The summed E-state index contributed by atoms with van der Waals surface area (Å²) in [6.07, 6.45) is 0. The van der Waals surface area contributed by atoms with Gasteiger partial charge in [-0.1, -0.05) is 0 Å². The lowest BCUT2D eigenvalue weighted by Gasteiger charge is -2.20. The van der Waals surface area contributed by atoms with Gasteiger partial charge in [0.2, 0.25) is 6.79 Å². The van der Waals surface area contributed by atoms with Crippen LogP contribution in [0.4, 0.5) is 5.69 Å². The summed E-state index contributed by atoms with van der Waals surface area (Å²) in [7, 11) is -3.78. The number of fused-ring (bicyclic) bond motifs is 2. The SMILES string of the molecule is Cc1cc2c(cc1S(=O)(=O)Nc1ccc3c(c1)OCO3)OCCO2. The summed E-state index contributed by atoms with van der Waals surface area (Å²) in [5, 5.41) is 0. The molecule has 2 aliphatic rings. The zero-order valence-electron chi connectivity index (χ0n) is 12.9. The van der Waals surface area contributed by atoms with E-state index >= 15 is 0 Å². The summed E-state index contributed by atoms with van der Waals surface area (Å²) in [4.78, 5) is 0.143. The quantitative estimate of drug-likeness (QED) is 0.915. The third kappa shape index (κ3) is 2.58. The van der Waals surface area contributed by atoms with Crippen LogP contribution in [0.5, 0.6) is 23.0 Å². The lowest BCUT2D eigenvalue weighted by Crippen LogP contribution is -2.18. The predicted octanol–water partition coefficient (Wildman–Crippen LogP) is 2.30. The van der Waals surface area contributed by atoms with E-state index in [1.807, 2.05) is 0 Å². The molecule has 0 atom stereocenters. The molecule has 0 saturated carbocycles. The molecule has 0 saturated heterocycles. The molecule has 0 amide bonds. The molecule has 2 heterocycles. The van der Waals surface area contributed by atoms with Gasteiger partial charge in [0.1, 0.15) is 13.2 Å². The fourth-order valence-electron chi connectivity index (χ4n) is 2.63. The second-order valence-electron chi connectivity index (χ2n) is 5.43. The zero-order chi connectivity index (χ0) is 16.7. The fraction of sp³-hybridized carbons (Fsp3) is 0.250. The molecule has 0 radical (unpaired) electrons. The van der Waals surface area contributed by atoms with Crippen molar-refractivity contribution in [3.05, 3.63) is 35.9 Å². The van der Waals surface area contributed by atoms with Gasteiger partial charge in [-0.15, -0.1) is 0 Å². The zero-order valence-corrected chi connectivity index (χ0v) is 13.7. The molecule has 0 aromatic heterocycles. The molecule has 0 fully saturated rings. The molecular formula is C16H15NO6S. The van der Waals surface area contributed by atoms with Gasteiger partial charge >= 0.3 is 0 Å². The maximum absolute atomic E-state index is 12.7. The Hall–Kier alpha value is -2.61. The molecule has 24 heavy (non-hydrogen) atoms. The smallest absolute Gasteiger partial charge is 0.262 e. The second-order valence-corrected chi connectivity index (χ2v) is 7.09. The summed E-state index contributed by atoms with van der Waals surface area (Å²) >= 11 is 0. The van der Waals surface area contributed by atoms with Crippen molar-refractivity contribution in [1.29, 1.82) is 0 Å². The number of anilines is 1. The van der Waals surface area contributed by atoms with E-state index in [1.54, 1.807) is 31.2 Å². The molecule has 7 nitrogen and oxygen atoms in total. The van der Waals surface area contributed by atoms with Crippen LogP contribution in [0.1, 0.15) is 5.56 Å². The number of sulfonamides is 1. The summed E-state index contributed by atoms with van der Waals surface area (Å²) in [6, 6.07) is 8.03. The number of aryl methyl sites for hydroxylation is 1. The van der Waals surface area contributed by atoms with Gasteiger partial charge in [0.05, 0.1) is 10.6 Å². The Kier molecular flexibility index (Phi) is 3.42. The molecule has 4 rings (SSSR count). The van der Waals surface area contributed by atoms with E-state index in [0.717, 1.165) is 0 Å². The minimum Gasteiger partial charge on any atom is -0.486 e. The Morgan fingerprint density at radius 2 is 1.54 bits per heavy atom. The molecule has 0 bridgehead atoms. The molecule has 0 unspecified atom stereocenters. The lowest BCUT2D eigenvalue weighted by atomic mass is 10.2. The number of benzene rings is 2. The van der Waals surface area contributed by atoms with Crippen LogP contribution in [0.3, 0.4) is 0 Å². The normalized spacial score (nSPS) is 15.2. The van der Waals surface area contributed by atoms with Crippen molar-refractivity contribution in [2.75, 3.05) is 24.7 Å². The van der Waals surface area contributed by atoms with E-state index in [2.05, 4.69) is 4.72 Å². The third-order valence-corrected chi connectivity index (χ3v) is 5.28. The molecule has 126 valence electrons. The number of hydrogen-bond donors (Lipinski definition) is 1. The minimum atomic E-state index is -3.78. The third-order valence-electron chi connectivity index (χ3n) is 3.75. The van der Waals surface area contributed by atoms with E-state index in [9.17, 15) is 8.42 Å². The van der Waals surface area contributed by atoms with Crippen molar-refractivity contribution in [2.24, 2.45) is 0 Å². The molecule has 1 N–H and O–H groups in total. The van der Waals surface area contributed by atoms with Gasteiger partial charge in [0.15, 0.2) is 23.0 Å². The summed E-state index contributed by atoms with van der Waals surface area (Å²) in [5.41, 5.74) is 0.973. The maximum atomic E-state index is 12.7. The van der Waals surface area contributed by atoms with Gasteiger partial charge in [-0.25, -0.2) is 8.42 Å². The van der Waals surface area contributed by atoms with Crippen LogP contribution in [-0.4, -0.2) is 28.4 Å². The summed E-state index contributed by atoms with van der Waals surface area (Å²) in [5.74, 6) is 2.08. The van der Waals surface area contributed by atoms with Crippen molar-refractivity contribution in [2.45, 2.75) is 11.8 Å². The van der Waals surface area contributed by atoms with Gasteiger partial charge in [0.25, 0.3) is 10.0 Å². The van der Waals surface area contributed by atoms with Crippen LogP contribution in [0.25, 0.3) is 0 Å². The molecule has 2 aliphatic heterocycles. The maximum Gasteiger partial charge on any atom is 0.262 e.